The third-order valence-electron chi connectivity index (χ3n) is 6.53. The van der Waals surface area contributed by atoms with Crippen LogP contribution in [0.2, 0.25) is 5.02 Å². The van der Waals surface area contributed by atoms with E-state index in [4.69, 9.17) is 21.1 Å². The molecule has 0 N–H and O–H groups in total. The molecule has 0 atom stereocenters. The van der Waals surface area contributed by atoms with Crippen LogP contribution in [-0.4, -0.2) is 28.7 Å². The fourth-order valence-corrected chi connectivity index (χ4v) is 5.67. The maximum atomic E-state index is 14.1. The highest BCUT2D eigenvalue weighted by Crippen LogP contribution is 2.37. The van der Waals surface area contributed by atoms with Gasteiger partial charge in [0, 0.05) is 18.0 Å². The zero-order valence-corrected chi connectivity index (χ0v) is 23.0. The Kier molecular flexibility index (Phi) is 7.78. The van der Waals surface area contributed by atoms with Gasteiger partial charge in [-0.25, -0.2) is 8.78 Å². The molecule has 3 aromatic carbocycles. The van der Waals surface area contributed by atoms with Gasteiger partial charge in [-0.2, -0.15) is 0 Å². The van der Waals surface area contributed by atoms with Gasteiger partial charge >= 0.3 is 0 Å². The van der Waals surface area contributed by atoms with E-state index in [1.54, 1.807) is 61.0 Å². The smallest absolute Gasteiger partial charge is 0.231 e. The minimum Gasteiger partial charge on any atom is -0.488 e. The van der Waals surface area contributed by atoms with Crippen molar-refractivity contribution in [2.75, 3.05) is 13.2 Å². The van der Waals surface area contributed by atoms with Gasteiger partial charge in [-0.1, -0.05) is 29.8 Å². The average Bonchev–Trinajstić information content (AvgIpc) is 3.28. The number of hydrogen-bond acceptors (Lipinski definition) is 6. The van der Waals surface area contributed by atoms with Crippen LogP contribution in [0.25, 0.3) is 27.7 Å². The Bertz CT molecular complexity index is 1780. The van der Waals surface area contributed by atoms with Gasteiger partial charge in [-0.15, -0.1) is 0 Å². The zero-order valence-electron chi connectivity index (χ0n) is 21.4. The summed E-state index contributed by atoms with van der Waals surface area (Å²) >= 11 is 7.36. The number of benzene rings is 3. The number of halogens is 3. The van der Waals surface area contributed by atoms with E-state index in [9.17, 15) is 23.2 Å². The van der Waals surface area contributed by atoms with Crippen LogP contribution in [0.5, 0.6) is 11.5 Å². The number of hydrogen-bond donors (Lipinski definition) is 0. The van der Waals surface area contributed by atoms with Gasteiger partial charge < -0.3 is 14.0 Å². The molecule has 0 spiro atoms. The Morgan fingerprint density at radius 1 is 0.975 bits per heavy atom. The molecular formula is C30H22ClF2NO5S. The number of Topliss-reactive ketones (excluding diaryl/α,β-unsaturated/α-hetero) is 1. The molecule has 1 aliphatic heterocycles. The Balaban J connectivity index is 1.37. The second-order valence-electron chi connectivity index (χ2n) is 9.08. The third kappa shape index (κ3) is 5.26. The first-order valence-corrected chi connectivity index (χ1v) is 13.4. The summed E-state index contributed by atoms with van der Waals surface area (Å²) in [6, 6.07) is 15.4. The largest absolute Gasteiger partial charge is 0.488 e. The zero-order chi connectivity index (χ0) is 28.6. The van der Waals surface area contributed by atoms with Crippen LogP contribution < -0.4 is 14.9 Å². The standard InChI is InChI=1S/C30H22ClF2NO5S/c1-16(30-24(35)15-26(36)40-30)17-8-10-25(20(31)13-17)38-11-12-39-29-27(18-7-9-21(32)22(33)14-18)34(2)23-6-4-3-5-19(23)28(29)37/h3-10,13-14H,11-12,15H2,1-2H3/b30-16-. The highest BCUT2D eigenvalue weighted by Gasteiger charge is 2.28. The van der Waals surface area contributed by atoms with Crippen molar-refractivity contribution in [3.63, 3.8) is 0 Å². The lowest BCUT2D eigenvalue weighted by Gasteiger charge is -2.18. The van der Waals surface area contributed by atoms with Crippen molar-refractivity contribution >= 4 is 50.7 Å². The number of ether oxygens (including phenoxy) is 2. The Hall–Kier alpha value is -3.95. The van der Waals surface area contributed by atoms with Crippen molar-refractivity contribution in [2.24, 2.45) is 7.05 Å². The molecule has 5 rings (SSSR count). The number of thioether (sulfide) groups is 1. The van der Waals surface area contributed by atoms with Gasteiger partial charge in [0.05, 0.1) is 27.6 Å². The van der Waals surface area contributed by atoms with Gasteiger partial charge in [0.15, 0.2) is 23.2 Å². The Morgan fingerprint density at radius 3 is 2.42 bits per heavy atom. The van der Waals surface area contributed by atoms with E-state index in [-0.39, 0.29) is 41.8 Å². The normalized spacial score (nSPS) is 14.6. The van der Waals surface area contributed by atoms with Crippen LogP contribution in [0.1, 0.15) is 18.9 Å². The quantitative estimate of drug-likeness (QED) is 0.140. The first-order valence-electron chi connectivity index (χ1n) is 12.2. The number of aromatic nitrogens is 1. The predicted molar refractivity (Wildman–Crippen MR) is 152 cm³/mol. The number of nitrogens with zero attached hydrogens (tertiary/aromatic N) is 1. The van der Waals surface area contributed by atoms with Gasteiger partial charge in [0.25, 0.3) is 0 Å². The van der Waals surface area contributed by atoms with Crippen molar-refractivity contribution in [1.82, 2.24) is 4.57 Å². The number of carbonyl (C=O) groups is 2. The number of fused-ring (bicyclic) bond motifs is 1. The lowest BCUT2D eigenvalue weighted by atomic mass is 10.1. The van der Waals surface area contributed by atoms with Crippen LogP contribution in [-0.2, 0) is 16.6 Å². The van der Waals surface area contributed by atoms with Gasteiger partial charge in [0.2, 0.25) is 10.5 Å². The molecule has 6 nitrogen and oxygen atoms in total. The summed E-state index contributed by atoms with van der Waals surface area (Å²) in [5.41, 5.74) is 2.15. The summed E-state index contributed by atoms with van der Waals surface area (Å²) in [6.07, 6.45) is -0.107. The molecule has 0 bridgehead atoms. The summed E-state index contributed by atoms with van der Waals surface area (Å²) in [5, 5.41) is 0.527. The van der Waals surface area contributed by atoms with Crippen molar-refractivity contribution in [2.45, 2.75) is 13.3 Å². The summed E-state index contributed by atoms with van der Waals surface area (Å²) in [6.45, 7) is 1.74. The van der Waals surface area contributed by atoms with Crippen LogP contribution in [0.15, 0.2) is 70.4 Å². The second kappa shape index (κ2) is 11.3. The molecule has 40 heavy (non-hydrogen) atoms. The molecule has 1 fully saturated rings. The number of para-hydroxylation sites is 1. The van der Waals surface area contributed by atoms with E-state index < -0.39 is 17.1 Å². The van der Waals surface area contributed by atoms with E-state index in [1.165, 1.54) is 6.07 Å². The molecule has 0 aliphatic carbocycles. The van der Waals surface area contributed by atoms with Crippen LogP contribution >= 0.6 is 23.4 Å². The van der Waals surface area contributed by atoms with Gasteiger partial charge in [-0.3, -0.25) is 14.4 Å². The van der Waals surface area contributed by atoms with E-state index >= 15 is 0 Å². The summed E-state index contributed by atoms with van der Waals surface area (Å²) in [4.78, 5) is 37.5. The molecule has 1 saturated heterocycles. The topological polar surface area (TPSA) is 74.6 Å². The van der Waals surface area contributed by atoms with Crippen LogP contribution in [0.4, 0.5) is 8.78 Å². The lowest BCUT2D eigenvalue weighted by molar-refractivity contribution is -0.119. The van der Waals surface area contributed by atoms with Gasteiger partial charge in [-0.05, 0) is 72.3 Å². The molecule has 204 valence electrons. The lowest BCUT2D eigenvalue weighted by Crippen LogP contribution is -2.18. The monoisotopic (exact) mass is 581 g/mol. The molecule has 1 aromatic heterocycles. The Labute approximate surface area is 237 Å². The van der Waals surface area contributed by atoms with Crippen molar-refractivity contribution in [3.05, 3.63) is 98.0 Å². The van der Waals surface area contributed by atoms with Crippen LogP contribution in [0.3, 0.4) is 0 Å². The summed E-state index contributed by atoms with van der Waals surface area (Å²) in [7, 11) is 1.72. The average molecular weight is 582 g/mol. The third-order valence-corrected chi connectivity index (χ3v) is 7.93. The highest BCUT2D eigenvalue weighted by molar-refractivity contribution is 8.18. The molecule has 4 aromatic rings. The molecule has 0 radical (unpaired) electrons. The summed E-state index contributed by atoms with van der Waals surface area (Å²) in [5.74, 6) is -1.90. The van der Waals surface area contributed by atoms with E-state index in [1.807, 2.05) is 0 Å². The molecule has 0 amide bonds. The van der Waals surface area contributed by atoms with Crippen LogP contribution in [0, 0.1) is 11.6 Å². The Morgan fingerprint density at radius 2 is 1.73 bits per heavy atom. The maximum Gasteiger partial charge on any atom is 0.231 e. The van der Waals surface area contributed by atoms with Gasteiger partial charge in [0.1, 0.15) is 19.0 Å². The number of ketones is 1. The van der Waals surface area contributed by atoms with Crippen molar-refractivity contribution in [1.29, 1.82) is 0 Å². The first-order chi connectivity index (χ1) is 19.2. The number of aryl methyl sites for hydroxylation is 1. The number of carbonyl (C=O) groups excluding carboxylic acids is 2. The number of rotatable bonds is 7. The van der Waals surface area contributed by atoms with E-state index in [2.05, 4.69) is 0 Å². The second-order valence-corrected chi connectivity index (χ2v) is 10.6. The molecule has 10 heteroatoms. The van der Waals surface area contributed by atoms with E-state index in [0.29, 0.717) is 43.4 Å². The minimum absolute atomic E-state index is 0.0206. The molecule has 0 saturated carbocycles. The first kappa shape index (κ1) is 27.6. The molecule has 1 aliphatic rings. The molecular weight excluding hydrogens is 560 g/mol. The molecule has 0 unspecified atom stereocenters. The van der Waals surface area contributed by atoms with Crippen molar-refractivity contribution in [3.8, 4) is 22.8 Å². The minimum atomic E-state index is -1.04. The fourth-order valence-electron chi connectivity index (χ4n) is 4.54. The number of pyridine rings is 1. The predicted octanol–water partition coefficient (Wildman–Crippen LogP) is 6.56. The number of allylic oxidation sites excluding steroid dienone is 2. The summed E-state index contributed by atoms with van der Waals surface area (Å²) < 4.78 is 41.1. The SMILES string of the molecule is C/C(=C1/SC(=O)CC1=O)c1ccc(OCCOc2c(-c3ccc(F)c(F)c3)n(C)c3ccccc3c2=O)c(Cl)c1. The van der Waals surface area contributed by atoms with E-state index in [0.717, 1.165) is 23.9 Å². The molecule has 2 heterocycles. The maximum absolute atomic E-state index is 14.1. The van der Waals surface area contributed by atoms with Crippen molar-refractivity contribution < 1.29 is 27.8 Å². The fraction of sp³-hybridized carbons (Fsp3) is 0.167. The highest BCUT2D eigenvalue weighted by atomic mass is 35.5.